The highest BCUT2D eigenvalue weighted by Crippen LogP contribution is 2.27. The largest absolute Gasteiger partial charge is 0.399 e. The minimum absolute atomic E-state index is 0.00511. The molecule has 1 unspecified atom stereocenters. The van der Waals surface area contributed by atoms with Crippen molar-refractivity contribution in [2.24, 2.45) is 5.16 Å². The molecule has 3 fully saturated rings. The maximum Gasteiger partial charge on any atom is 0.320 e. The monoisotopic (exact) mass is 684 g/mol. The summed E-state index contributed by atoms with van der Waals surface area (Å²) in [6.07, 6.45) is 5.57. The Kier molecular flexibility index (Phi) is 12.4. The fraction of sp³-hybridized carbons (Fsp3) is 0.543. The van der Waals surface area contributed by atoms with Crippen LogP contribution in [0.3, 0.4) is 0 Å². The summed E-state index contributed by atoms with van der Waals surface area (Å²) in [6.45, 7) is 6.06. The molecular formula is C35H46Cl2N6O4. The Balaban J connectivity index is 1.19. The molecule has 0 saturated carbocycles. The van der Waals surface area contributed by atoms with Gasteiger partial charge >= 0.3 is 6.03 Å². The Labute approximate surface area is 288 Å². The molecule has 3 heterocycles. The van der Waals surface area contributed by atoms with Crippen LogP contribution in [0.25, 0.3) is 0 Å². The van der Waals surface area contributed by atoms with Gasteiger partial charge in [0.2, 0.25) is 5.91 Å². The second-order valence-electron chi connectivity index (χ2n) is 12.7. The zero-order valence-corrected chi connectivity index (χ0v) is 29.0. The summed E-state index contributed by atoms with van der Waals surface area (Å²) >= 11 is 12.3. The van der Waals surface area contributed by atoms with E-state index >= 15 is 0 Å². The number of carbonyl (C=O) groups excluding carboxylic acids is 3. The molecule has 0 N–H and O–H groups in total. The van der Waals surface area contributed by atoms with Gasteiger partial charge in [0.1, 0.15) is 13.7 Å². The van der Waals surface area contributed by atoms with Crippen molar-refractivity contribution in [3.63, 3.8) is 0 Å². The van der Waals surface area contributed by atoms with Gasteiger partial charge in [-0.2, -0.15) is 0 Å². The van der Waals surface area contributed by atoms with Gasteiger partial charge in [-0.15, -0.1) is 0 Å². The van der Waals surface area contributed by atoms with Crippen LogP contribution in [0.15, 0.2) is 53.7 Å². The average Bonchev–Trinajstić information content (AvgIpc) is 3.62. The van der Waals surface area contributed by atoms with Crippen LogP contribution in [0.4, 0.5) is 4.79 Å². The number of piperidine rings is 1. The van der Waals surface area contributed by atoms with Crippen molar-refractivity contribution in [1.29, 1.82) is 0 Å². The maximum atomic E-state index is 13.4. The lowest BCUT2D eigenvalue weighted by Crippen LogP contribution is -2.57. The molecule has 47 heavy (non-hydrogen) atoms. The molecule has 10 nitrogen and oxygen atoms in total. The lowest BCUT2D eigenvalue weighted by molar-refractivity contribution is -0.131. The molecular weight excluding hydrogens is 639 g/mol. The number of likely N-dealkylation sites (tertiary alicyclic amines) is 2. The second kappa shape index (κ2) is 16.7. The van der Waals surface area contributed by atoms with Gasteiger partial charge in [0.05, 0.1) is 12.3 Å². The summed E-state index contributed by atoms with van der Waals surface area (Å²) in [5.74, 6) is -0.211. The van der Waals surface area contributed by atoms with Crippen LogP contribution in [0, 0.1) is 0 Å². The minimum atomic E-state index is -0.210. The van der Waals surface area contributed by atoms with Crippen molar-refractivity contribution in [3.8, 4) is 0 Å². The van der Waals surface area contributed by atoms with Crippen LogP contribution < -0.4 is 0 Å². The van der Waals surface area contributed by atoms with E-state index < -0.39 is 0 Å². The highest BCUT2D eigenvalue weighted by Gasteiger charge is 2.35. The van der Waals surface area contributed by atoms with Gasteiger partial charge in [0.25, 0.3) is 5.91 Å². The zero-order valence-electron chi connectivity index (χ0n) is 27.5. The number of urea groups is 1. The molecule has 2 aromatic carbocycles. The van der Waals surface area contributed by atoms with E-state index in [0.717, 1.165) is 89.1 Å². The van der Waals surface area contributed by atoms with Gasteiger partial charge < -0.3 is 29.3 Å². The summed E-state index contributed by atoms with van der Waals surface area (Å²) < 4.78 is 0. The van der Waals surface area contributed by atoms with Gasteiger partial charge in [-0.1, -0.05) is 58.7 Å². The maximum absolute atomic E-state index is 13.4. The first-order chi connectivity index (χ1) is 22.7. The van der Waals surface area contributed by atoms with Gasteiger partial charge in [-0.3, -0.25) is 9.59 Å². The van der Waals surface area contributed by atoms with E-state index in [1.54, 1.807) is 35.0 Å². The van der Waals surface area contributed by atoms with Crippen molar-refractivity contribution in [1.82, 2.24) is 24.5 Å². The number of rotatable bonds is 12. The van der Waals surface area contributed by atoms with E-state index in [9.17, 15) is 14.4 Å². The van der Waals surface area contributed by atoms with E-state index in [4.69, 9.17) is 28.0 Å². The Bertz CT molecular complexity index is 1390. The molecule has 0 aliphatic carbocycles. The van der Waals surface area contributed by atoms with Gasteiger partial charge in [-0.25, -0.2) is 4.79 Å². The molecule has 12 heteroatoms. The predicted octanol–water partition coefficient (Wildman–Crippen LogP) is 5.46. The molecule has 5 rings (SSSR count). The average molecular weight is 686 g/mol. The van der Waals surface area contributed by atoms with Crippen molar-refractivity contribution in [3.05, 3.63) is 69.7 Å². The van der Waals surface area contributed by atoms with Crippen molar-refractivity contribution >= 4 is 46.8 Å². The normalized spacial score (nSPS) is 18.9. The molecule has 1 atom stereocenters. The number of halogens is 2. The fourth-order valence-corrected chi connectivity index (χ4v) is 7.56. The third-order valence-corrected chi connectivity index (χ3v) is 9.96. The van der Waals surface area contributed by atoms with Crippen LogP contribution in [0.1, 0.15) is 60.4 Å². The number of amides is 4. The zero-order chi connectivity index (χ0) is 33.3. The smallest absolute Gasteiger partial charge is 0.320 e. The number of hydrogen-bond acceptors (Lipinski definition) is 6. The van der Waals surface area contributed by atoms with Crippen LogP contribution >= 0.6 is 23.2 Å². The van der Waals surface area contributed by atoms with Crippen LogP contribution in [0.5, 0.6) is 0 Å². The summed E-state index contributed by atoms with van der Waals surface area (Å²) in [7, 11) is 3.26. The number of carbonyl (C=O) groups is 3. The highest BCUT2D eigenvalue weighted by molar-refractivity contribution is 6.35. The molecule has 0 spiro atoms. The predicted molar refractivity (Wildman–Crippen MR) is 185 cm³/mol. The lowest BCUT2D eigenvalue weighted by atomic mass is 9.89. The number of benzene rings is 2. The molecule has 3 saturated heterocycles. The summed E-state index contributed by atoms with van der Waals surface area (Å²) in [5.41, 5.74) is 2.27. The van der Waals surface area contributed by atoms with Crippen molar-refractivity contribution < 1.29 is 19.2 Å². The van der Waals surface area contributed by atoms with E-state index in [1.165, 1.54) is 7.11 Å². The third kappa shape index (κ3) is 9.18. The van der Waals surface area contributed by atoms with Gasteiger partial charge in [0, 0.05) is 73.9 Å². The van der Waals surface area contributed by atoms with Gasteiger partial charge in [0.15, 0.2) is 0 Å². The van der Waals surface area contributed by atoms with E-state index in [1.807, 2.05) is 28.0 Å². The Morgan fingerprint density at radius 3 is 2.30 bits per heavy atom. The first-order valence-corrected chi connectivity index (χ1v) is 17.4. The first-order valence-electron chi connectivity index (χ1n) is 16.7. The number of nitrogens with zero attached hydrogens (tertiary/aromatic N) is 6. The van der Waals surface area contributed by atoms with E-state index in [0.29, 0.717) is 22.2 Å². The van der Waals surface area contributed by atoms with E-state index in [-0.39, 0.29) is 42.9 Å². The van der Waals surface area contributed by atoms with E-state index in [2.05, 4.69) is 22.2 Å². The standard InChI is InChI=1S/C35H46Cl2N6O4/c1-39(34(45)27-21-28(36)23-29(37)22-27)24-32(38-47-2)31(26-9-4-3-5-10-26)13-20-40-18-11-30(12-19-40)43-17-8-16-42(35(43)46)25-33(44)41-14-6-7-15-41/h3-5,9-10,21-23,30-31H,6-8,11-20,24-25H2,1-2H3/b38-32+. The summed E-state index contributed by atoms with van der Waals surface area (Å²) in [4.78, 5) is 54.5. The Hall–Kier alpha value is -3.34. The second-order valence-corrected chi connectivity index (χ2v) is 13.6. The lowest BCUT2D eigenvalue weighted by Gasteiger charge is -2.43. The highest BCUT2D eigenvalue weighted by atomic mass is 35.5. The Morgan fingerprint density at radius 1 is 0.957 bits per heavy atom. The topological polar surface area (TPSA) is 89.0 Å². The molecule has 254 valence electrons. The van der Waals surface area contributed by atoms with Crippen LogP contribution in [0.2, 0.25) is 10.0 Å². The summed E-state index contributed by atoms with van der Waals surface area (Å²) in [5, 5.41) is 5.23. The van der Waals surface area contributed by atoms with Crippen molar-refractivity contribution in [2.45, 2.75) is 50.5 Å². The fourth-order valence-electron chi connectivity index (χ4n) is 7.03. The van der Waals surface area contributed by atoms with Gasteiger partial charge in [-0.05, 0) is 68.8 Å². The van der Waals surface area contributed by atoms with Crippen molar-refractivity contribution in [2.75, 3.05) is 73.1 Å². The first kappa shape index (κ1) is 35.0. The molecule has 2 aromatic rings. The quantitative estimate of drug-likeness (QED) is 0.219. The molecule has 0 bridgehead atoms. The summed E-state index contributed by atoms with van der Waals surface area (Å²) in [6, 6.07) is 15.2. The number of hydrogen-bond donors (Lipinski definition) is 0. The minimum Gasteiger partial charge on any atom is -0.399 e. The number of oxime groups is 1. The molecule has 3 aliphatic rings. The molecule has 0 aromatic heterocycles. The Morgan fingerprint density at radius 2 is 1.64 bits per heavy atom. The SMILES string of the molecule is CO/N=C(\CN(C)C(=O)c1cc(Cl)cc(Cl)c1)C(CCN1CCC(N2CCCN(CC(=O)N3CCCC3)C2=O)CC1)c1ccccc1. The molecule has 4 amide bonds. The van der Waals surface area contributed by atoms with Crippen LogP contribution in [-0.2, 0) is 9.63 Å². The molecule has 3 aliphatic heterocycles. The van der Waals surface area contributed by atoms with Crippen LogP contribution in [-0.4, -0.2) is 127 Å². The third-order valence-electron chi connectivity index (χ3n) is 9.53. The molecule has 0 radical (unpaired) electrons.